The maximum Gasteiger partial charge on any atom is 0.280 e. The van der Waals surface area contributed by atoms with Crippen molar-refractivity contribution >= 4 is 24.1 Å². The van der Waals surface area contributed by atoms with E-state index in [0.29, 0.717) is 17.3 Å². The summed E-state index contributed by atoms with van der Waals surface area (Å²) in [6.45, 7) is 8.08. The number of hydrogen-bond donors (Lipinski definition) is 2. The molecule has 2 N–H and O–H groups in total. The fourth-order valence-electron chi connectivity index (χ4n) is 2.44. The maximum atomic E-state index is 12.3. The molecule has 0 bridgehead atoms. The summed E-state index contributed by atoms with van der Waals surface area (Å²) in [4.78, 5) is 27.4. The molecule has 10 heteroatoms. The molecule has 1 saturated heterocycles. The minimum Gasteiger partial charge on any atom is -0.332 e. The average molecular weight is 382 g/mol. The number of rotatable bonds is 3. The third kappa shape index (κ3) is 4.35. The Bertz CT molecular complexity index is 759. The molecule has 9 nitrogen and oxygen atoms in total. The second-order valence-electron chi connectivity index (χ2n) is 7.12. The number of nitrogens with zero attached hydrogens (tertiary/aromatic N) is 5. The summed E-state index contributed by atoms with van der Waals surface area (Å²) in [6.07, 6.45) is 3.04. The van der Waals surface area contributed by atoms with Gasteiger partial charge in [-0.25, -0.2) is 9.97 Å². The molecule has 3 rings (SSSR count). The summed E-state index contributed by atoms with van der Waals surface area (Å²) in [6, 6.07) is 0.0375. The van der Waals surface area contributed by atoms with E-state index in [2.05, 4.69) is 35.6 Å². The Morgan fingerprint density at radius 2 is 2.08 bits per heavy atom. The van der Waals surface area contributed by atoms with Crippen LogP contribution in [-0.4, -0.2) is 57.6 Å². The van der Waals surface area contributed by atoms with Gasteiger partial charge in [-0.1, -0.05) is 25.9 Å². The van der Waals surface area contributed by atoms with Crippen LogP contribution < -0.4 is 10.6 Å². The molecular formula is C16H24ClN7O2. The number of amides is 1. The highest BCUT2D eigenvalue weighted by Gasteiger charge is 2.28. The topological polar surface area (TPSA) is 109 Å². The van der Waals surface area contributed by atoms with Crippen LogP contribution in [0.15, 0.2) is 16.9 Å². The first-order chi connectivity index (χ1) is 11.9. The van der Waals surface area contributed by atoms with Gasteiger partial charge in [0.1, 0.15) is 0 Å². The van der Waals surface area contributed by atoms with Crippen molar-refractivity contribution in [3.8, 4) is 11.6 Å². The van der Waals surface area contributed by atoms with E-state index in [1.165, 1.54) is 12.4 Å². The Labute approximate surface area is 158 Å². The van der Waals surface area contributed by atoms with Gasteiger partial charge in [-0.2, -0.15) is 4.98 Å². The molecule has 1 fully saturated rings. The number of carbonyl (C=O) groups excluding carboxylic acids is 1. The van der Waals surface area contributed by atoms with Gasteiger partial charge in [0.25, 0.3) is 5.89 Å². The molecule has 0 aromatic carbocycles. The van der Waals surface area contributed by atoms with E-state index in [1.54, 1.807) is 0 Å². The second kappa shape index (κ2) is 8.07. The first kappa shape index (κ1) is 20.2. The molecule has 0 spiro atoms. The number of piperazine rings is 1. The van der Waals surface area contributed by atoms with Crippen LogP contribution in [0.4, 0.5) is 5.82 Å². The van der Waals surface area contributed by atoms with E-state index in [4.69, 9.17) is 4.52 Å². The van der Waals surface area contributed by atoms with Crippen molar-refractivity contribution in [1.29, 1.82) is 0 Å². The van der Waals surface area contributed by atoms with Crippen LogP contribution in [-0.2, 0) is 4.79 Å². The predicted octanol–water partition coefficient (Wildman–Crippen LogP) is 1.51. The minimum atomic E-state index is -0.550. The van der Waals surface area contributed by atoms with Crippen molar-refractivity contribution in [3.63, 3.8) is 0 Å². The van der Waals surface area contributed by atoms with E-state index >= 15 is 0 Å². The molecule has 1 unspecified atom stereocenters. The fourth-order valence-corrected chi connectivity index (χ4v) is 2.44. The lowest BCUT2D eigenvalue weighted by Gasteiger charge is -2.30. The molecular weight excluding hydrogens is 358 g/mol. The lowest BCUT2D eigenvalue weighted by molar-refractivity contribution is -0.123. The van der Waals surface area contributed by atoms with Crippen molar-refractivity contribution in [2.75, 3.05) is 32.0 Å². The van der Waals surface area contributed by atoms with Gasteiger partial charge in [-0.05, 0) is 7.05 Å². The number of aromatic nitrogens is 4. The third-order valence-electron chi connectivity index (χ3n) is 4.06. The van der Waals surface area contributed by atoms with Crippen molar-refractivity contribution < 1.29 is 9.32 Å². The molecule has 1 aliphatic heterocycles. The predicted molar refractivity (Wildman–Crippen MR) is 98.9 cm³/mol. The largest absolute Gasteiger partial charge is 0.332 e. The van der Waals surface area contributed by atoms with Crippen LogP contribution in [0.3, 0.4) is 0 Å². The van der Waals surface area contributed by atoms with Crippen molar-refractivity contribution in [1.82, 2.24) is 30.3 Å². The first-order valence-corrected chi connectivity index (χ1v) is 8.23. The highest BCUT2D eigenvalue weighted by molar-refractivity contribution is 5.95. The molecule has 3 heterocycles. The quantitative estimate of drug-likeness (QED) is 0.823. The fraction of sp³-hybridized carbons (Fsp3) is 0.562. The van der Waals surface area contributed by atoms with Gasteiger partial charge < -0.3 is 15.2 Å². The zero-order valence-electron chi connectivity index (χ0n) is 15.3. The zero-order chi connectivity index (χ0) is 18.0. The second-order valence-corrected chi connectivity index (χ2v) is 7.12. The van der Waals surface area contributed by atoms with Gasteiger partial charge in [-0.15, -0.1) is 12.4 Å². The normalized spacial score (nSPS) is 18.2. The molecule has 26 heavy (non-hydrogen) atoms. The Morgan fingerprint density at radius 1 is 1.35 bits per heavy atom. The van der Waals surface area contributed by atoms with Crippen molar-refractivity contribution in [2.45, 2.75) is 26.8 Å². The van der Waals surface area contributed by atoms with Gasteiger partial charge in [-0.3, -0.25) is 9.69 Å². The van der Waals surface area contributed by atoms with Gasteiger partial charge in [0.15, 0.2) is 17.3 Å². The van der Waals surface area contributed by atoms with E-state index < -0.39 is 5.41 Å². The zero-order valence-corrected chi connectivity index (χ0v) is 16.1. The minimum absolute atomic E-state index is 0. The van der Waals surface area contributed by atoms with E-state index in [1.807, 2.05) is 27.8 Å². The lowest BCUT2D eigenvalue weighted by atomic mass is 9.96. The molecule has 1 amide bonds. The van der Waals surface area contributed by atoms with Crippen LogP contribution in [0, 0.1) is 5.41 Å². The summed E-state index contributed by atoms with van der Waals surface area (Å²) >= 11 is 0. The standard InChI is InChI=1S/C16H23N7O2.ClH/c1-16(2,3)15(24)21-13-11(18-5-6-19-13)14-20-12(22-25-14)10-9-17-7-8-23(10)4;/h5-6,10,17H,7-9H2,1-4H3,(H,19,21,24);1H. The van der Waals surface area contributed by atoms with E-state index in [0.717, 1.165) is 19.6 Å². The number of nitrogens with one attached hydrogen (secondary N) is 2. The van der Waals surface area contributed by atoms with Gasteiger partial charge in [0.05, 0.1) is 6.04 Å². The Morgan fingerprint density at radius 3 is 2.77 bits per heavy atom. The molecule has 0 saturated carbocycles. The summed E-state index contributed by atoms with van der Waals surface area (Å²) in [5, 5.41) is 10.2. The SMILES string of the molecule is CN1CCNCC1c1noc(-c2nccnc2NC(=O)C(C)(C)C)n1.Cl. The van der Waals surface area contributed by atoms with Crippen LogP contribution in [0.25, 0.3) is 11.6 Å². The average Bonchev–Trinajstić information content (AvgIpc) is 3.04. The van der Waals surface area contributed by atoms with Crippen molar-refractivity contribution in [2.24, 2.45) is 5.41 Å². The van der Waals surface area contributed by atoms with Crippen LogP contribution >= 0.6 is 12.4 Å². The van der Waals surface area contributed by atoms with E-state index in [-0.39, 0.29) is 30.2 Å². The summed E-state index contributed by atoms with van der Waals surface area (Å²) < 4.78 is 5.39. The molecule has 0 aliphatic carbocycles. The smallest absolute Gasteiger partial charge is 0.280 e. The monoisotopic (exact) mass is 381 g/mol. The molecule has 0 radical (unpaired) electrons. The number of hydrogen-bond acceptors (Lipinski definition) is 8. The Kier molecular flexibility index (Phi) is 6.27. The molecule has 2 aromatic rings. The van der Waals surface area contributed by atoms with Gasteiger partial charge in [0.2, 0.25) is 5.91 Å². The highest BCUT2D eigenvalue weighted by atomic mass is 35.5. The van der Waals surface area contributed by atoms with Gasteiger partial charge >= 0.3 is 0 Å². The maximum absolute atomic E-state index is 12.3. The third-order valence-corrected chi connectivity index (χ3v) is 4.06. The lowest BCUT2D eigenvalue weighted by Crippen LogP contribution is -2.44. The van der Waals surface area contributed by atoms with Crippen LogP contribution in [0.1, 0.15) is 32.6 Å². The number of carbonyl (C=O) groups is 1. The number of likely N-dealkylation sites (N-methyl/N-ethyl adjacent to an activating group) is 1. The molecule has 1 aliphatic rings. The summed E-state index contributed by atoms with van der Waals surface area (Å²) in [7, 11) is 2.03. The number of anilines is 1. The number of halogens is 1. The Hall–Kier alpha value is -2.10. The molecule has 142 valence electrons. The van der Waals surface area contributed by atoms with Crippen molar-refractivity contribution in [3.05, 3.63) is 18.2 Å². The summed E-state index contributed by atoms with van der Waals surface area (Å²) in [5.74, 6) is 0.979. The molecule has 2 aromatic heterocycles. The van der Waals surface area contributed by atoms with Gasteiger partial charge in [0, 0.05) is 37.4 Å². The van der Waals surface area contributed by atoms with Crippen LogP contribution in [0.5, 0.6) is 0 Å². The van der Waals surface area contributed by atoms with Crippen LogP contribution in [0.2, 0.25) is 0 Å². The first-order valence-electron chi connectivity index (χ1n) is 8.23. The van der Waals surface area contributed by atoms with E-state index in [9.17, 15) is 4.79 Å². The Balaban J connectivity index is 0.00000243. The highest BCUT2D eigenvalue weighted by Crippen LogP contribution is 2.26. The summed E-state index contributed by atoms with van der Waals surface area (Å²) in [5.41, 5.74) is -0.184. The molecule has 1 atom stereocenters.